The fourth-order valence-corrected chi connectivity index (χ4v) is 1.66. The molecule has 0 aliphatic rings. The van der Waals surface area contributed by atoms with Crippen LogP contribution in [0.1, 0.15) is 6.92 Å². The number of nitrogen functional groups attached to an aromatic ring is 1. The predicted octanol–water partition coefficient (Wildman–Crippen LogP) is 2.21. The van der Waals surface area contributed by atoms with E-state index in [9.17, 15) is 0 Å². The van der Waals surface area contributed by atoms with Crippen molar-refractivity contribution in [2.45, 2.75) is 6.92 Å². The van der Waals surface area contributed by atoms with Gasteiger partial charge in [-0.25, -0.2) is 9.97 Å². The van der Waals surface area contributed by atoms with E-state index >= 15 is 0 Å². The first-order valence-electron chi connectivity index (χ1n) is 5.89. The van der Waals surface area contributed by atoms with Gasteiger partial charge in [0, 0.05) is 0 Å². The van der Waals surface area contributed by atoms with Gasteiger partial charge in [0.2, 0.25) is 5.75 Å². The van der Waals surface area contributed by atoms with Gasteiger partial charge in [0.15, 0.2) is 11.6 Å². The van der Waals surface area contributed by atoms with Gasteiger partial charge < -0.3 is 20.5 Å². The zero-order chi connectivity index (χ0) is 13.7. The molecule has 0 unspecified atom stereocenters. The Balaban J connectivity index is 2.33. The van der Waals surface area contributed by atoms with Crippen molar-refractivity contribution in [3.63, 3.8) is 0 Å². The van der Waals surface area contributed by atoms with Crippen molar-refractivity contribution in [1.82, 2.24) is 9.97 Å². The van der Waals surface area contributed by atoms with Gasteiger partial charge in [-0.2, -0.15) is 0 Å². The summed E-state index contributed by atoms with van der Waals surface area (Å²) in [5, 5.41) is 3.14. The Kier molecular flexibility index (Phi) is 4.02. The van der Waals surface area contributed by atoms with Crippen LogP contribution < -0.4 is 20.5 Å². The number of nitrogens with zero attached hydrogens (tertiary/aromatic N) is 2. The molecular formula is C13H16N4O2. The molecule has 0 fully saturated rings. The first kappa shape index (κ1) is 12.9. The highest BCUT2D eigenvalue weighted by atomic mass is 16.5. The Morgan fingerprint density at radius 3 is 2.79 bits per heavy atom. The summed E-state index contributed by atoms with van der Waals surface area (Å²) in [6.45, 7) is 2.52. The van der Waals surface area contributed by atoms with E-state index < -0.39 is 0 Å². The monoisotopic (exact) mass is 260 g/mol. The Morgan fingerprint density at radius 2 is 2.05 bits per heavy atom. The average molecular weight is 260 g/mol. The van der Waals surface area contributed by atoms with Crippen molar-refractivity contribution in [2.24, 2.45) is 0 Å². The summed E-state index contributed by atoms with van der Waals surface area (Å²) < 4.78 is 10.7. The van der Waals surface area contributed by atoms with E-state index in [4.69, 9.17) is 15.2 Å². The molecule has 0 radical (unpaired) electrons. The number of rotatable bonds is 5. The van der Waals surface area contributed by atoms with Crippen molar-refractivity contribution < 1.29 is 9.47 Å². The SMILES string of the molecule is CCOc1ccccc1Nc1ncnc(N)c1OC. The Bertz CT molecular complexity index is 560. The van der Waals surface area contributed by atoms with Crippen LogP contribution in [0.25, 0.3) is 0 Å². The van der Waals surface area contributed by atoms with Gasteiger partial charge >= 0.3 is 0 Å². The summed E-state index contributed by atoms with van der Waals surface area (Å²) in [6.07, 6.45) is 1.38. The summed E-state index contributed by atoms with van der Waals surface area (Å²) in [4.78, 5) is 8.01. The molecule has 0 aliphatic carbocycles. The van der Waals surface area contributed by atoms with E-state index in [-0.39, 0.29) is 5.82 Å². The number of benzene rings is 1. The highest BCUT2D eigenvalue weighted by Crippen LogP contribution is 2.32. The second kappa shape index (κ2) is 5.90. The Labute approximate surface area is 111 Å². The third-order valence-corrected chi connectivity index (χ3v) is 2.48. The fourth-order valence-electron chi connectivity index (χ4n) is 1.66. The molecule has 2 aromatic rings. The molecule has 0 bridgehead atoms. The number of ether oxygens (including phenoxy) is 2. The quantitative estimate of drug-likeness (QED) is 0.857. The number of methoxy groups -OCH3 is 1. The molecule has 2 rings (SSSR count). The van der Waals surface area contributed by atoms with Crippen molar-refractivity contribution in [3.05, 3.63) is 30.6 Å². The first-order valence-corrected chi connectivity index (χ1v) is 5.89. The summed E-state index contributed by atoms with van der Waals surface area (Å²) in [5.74, 6) is 1.94. The zero-order valence-electron chi connectivity index (χ0n) is 10.9. The molecule has 3 N–H and O–H groups in total. The van der Waals surface area contributed by atoms with Gasteiger partial charge in [-0.05, 0) is 19.1 Å². The van der Waals surface area contributed by atoms with Crippen molar-refractivity contribution in [1.29, 1.82) is 0 Å². The van der Waals surface area contributed by atoms with Gasteiger partial charge in [0.1, 0.15) is 12.1 Å². The summed E-state index contributed by atoms with van der Waals surface area (Å²) in [6, 6.07) is 7.58. The Morgan fingerprint density at radius 1 is 1.26 bits per heavy atom. The second-order valence-corrected chi connectivity index (χ2v) is 3.69. The lowest BCUT2D eigenvalue weighted by Gasteiger charge is -2.14. The molecule has 0 atom stereocenters. The fraction of sp³-hybridized carbons (Fsp3) is 0.231. The van der Waals surface area contributed by atoms with E-state index in [2.05, 4.69) is 15.3 Å². The zero-order valence-corrected chi connectivity index (χ0v) is 10.9. The van der Waals surface area contributed by atoms with E-state index in [1.54, 1.807) is 0 Å². The van der Waals surface area contributed by atoms with Crippen LogP contribution in [0.2, 0.25) is 0 Å². The molecule has 6 heteroatoms. The highest BCUT2D eigenvalue weighted by molar-refractivity contribution is 5.71. The number of para-hydroxylation sites is 2. The maximum absolute atomic E-state index is 5.73. The molecule has 6 nitrogen and oxygen atoms in total. The van der Waals surface area contributed by atoms with Crippen LogP contribution in [0.4, 0.5) is 17.3 Å². The molecule has 0 saturated carbocycles. The molecule has 0 spiro atoms. The number of hydrogen-bond acceptors (Lipinski definition) is 6. The molecule has 19 heavy (non-hydrogen) atoms. The third-order valence-electron chi connectivity index (χ3n) is 2.48. The van der Waals surface area contributed by atoms with Gasteiger partial charge in [-0.15, -0.1) is 0 Å². The maximum atomic E-state index is 5.73. The van der Waals surface area contributed by atoms with Gasteiger partial charge in [-0.1, -0.05) is 12.1 Å². The number of aromatic nitrogens is 2. The Hall–Kier alpha value is -2.50. The van der Waals surface area contributed by atoms with Crippen LogP contribution in [0, 0.1) is 0 Å². The van der Waals surface area contributed by atoms with Crippen LogP contribution in [0.15, 0.2) is 30.6 Å². The van der Waals surface area contributed by atoms with Gasteiger partial charge in [0.05, 0.1) is 19.4 Å². The van der Waals surface area contributed by atoms with Crippen LogP contribution in [-0.2, 0) is 0 Å². The highest BCUT2D eigenvalue weighted by Gasteiger charge is 2.11. The topological polar surface area (TPSA) is 82.3 Å². The lowest BCUT2D eigenvalue weighted by molar-refractivity contribution is 0.342. The van der Waals surface area contributed by atoms with E-state index in [1.165, 1.54) is 13.4 Å². The van der Waals surface area contributed by atoms with Crippen molar-refractivity contribution in [2.75, 3.05) is 24.8 Å². The molecule has 0 saturated heterocycles. The minimum Gasteiger partial charge on any atom is -0.492 e. The average Bonchev–Trinajstić information content (AvgIpc) is 2.41. The summed E-state index contributed by atoms with van der Waals surface area (Å²) in [7, 11) is 1.52. The van der Waals surface area contributed by atoms with Gasteiger partial charge in [0.25, 0.3) is 0 Å². The molecule has 100 valence electrons. The van der Waals surface area contributed by atoms with Gasteiger partial charge in [-0.3, -0.25) is 0 Å². The van der Waals surface area contributed by atoms with Crippen LogP contribution in [0.3, 0.4) is 0 Å². The van der Waals surface area contributed by atoms with Crippen molar-refractivity contribution >= 4 is 17.3 Å². The molecule has 0 amide bonds. The lowest BCUT2D eigenvalue weighted by atomic mass is 10.3. The molecule has 1 aromatic heterocycles. The summed E-state index contributed by atoms with van der Waals surface area (Å²) in [5.41, 5.74) is 6.53. The minimum absolute atomic E-state index is 0.286. The maximum Gasteiger partial charge on any atom is 0.204 e. The van der Waals surface area contributed by atoms with E-state index in [0.717, 1.165) is 11.4 Å². The predicted molar refractivity (Wildman–Crippen MR) is 73.9 cm³/mol. The van der Waals surface area contributed by atoms with Crippen LogP contribution in [0.5, 0.6) is 11.5 Å². The van der Waals surface area contributed by atoms with Crippen LogP contribution in [-0.4, -0.2) is 23.7 Å². The standard InChI is InChI=1S/C13H16N4O2/c1-3-19-10-7-5-4-6-9(10)17-13-11(18-2)12(14)15-8-16-13/h4-8H,3H2,1-2H3,(H3,14,15,16,17). The number of anilines is 3. The number of nitrogens with two attached hydrogens (primary N) is 1. The second-order valence-electron chi connectivity index (χ2n) is 3.69. The summed E-state index contributed by atoms with van der Waals surface area (Å²) >= 11 is 0. The molecule has 1 aromatic carbocycles. The first-order chi connectivity index (χ1) is 9.26. The smallest absolute Gasteiger partial charge is 0.204 e. The largest absolute Gasteiger partial charge is 0.492 e. The minimum atomic E-state index is 0.286. The third kappa shape index (κ3) is 2.85. The van der Waals surface area contributed by atoms with Crippen molar-refractivity contribution in [3.8, 4) is 11.5 Å². The lowest BCUT2D eigenvalue weighted by Crippen LogP contribution is -2.04. The van der Waals surface area contributed by atoms with E-state index in [1.807, 2.05) is 31.2 Å². The molecular weight excluding hydrogens is 244 g/mol. The molecule has 1 heterocycles. The number of nitrogens with one attached hydrogen (secondary N) is 1. The van der Waals surface area contributed by atoms with Crippen LogP contribution >= 0.6 is 0 Å². The number of hydrogen-bond donors (Lipinski definition) is 2. The normalized spacial score (nSPS) is 10.0. The van der Waals surface area contributed by atoms with E-state index in [0.29, 0.717) is 18.2 Å². The molecule has 0 aliphatic heterocycles.